The highest BCUT2D eigenvalue weighted by Crippen LogP contribution is 2.11. The minimum absolute atomic E-state index is 0.209. The molecule has 4 N–H and O–H groups in total. The van der Waals surface area contributed by atoms with Crippen LogP contribution in [0.5, 0.6) is 0 Å². The van der Waals surface area contributed by atoms with E-state index in [2.05, 4.69) is 28.7 Å². The van der Waals surface area contributed by atoms with Crippen LogP contribution in [0.3, 0.4) is 0 Å². The second kappa shape index (κ2) is 6.63. The van der Waals surface area contributed by atoms with E-state index in [0.717, 1.165) is 6.42 Å². The molecular weight excluding hydrogens is 202 g/mol. The predicted octanol–water partition coefficient (Wildman–Crippen LogP) is 2.35. The fourth-order valence-corrected chi connectivity index (χ4v) is 1.16. The van der Waals surface area contributed by atoms with Gasteiger partial charge in [-0.05, 0) is 12.0 Å². The molecule has 1 aromatic heterocycles. The monoisotopic (exact) mass is 219 g/mol. The Kier molecular flexibility index (Phi) is 5.08. The molecule has 0 saturated carbocycles. The minimum Gasteiger partial charge on any atom is -0.381 e. The van der Waals surface area contributed by atoms with Crippen molar-refractivity contribution in [3.8, 4) is 0 Å². The van der Waals surface area contributed by atoms with Gasteiger partial charge in [0.05, 0.1) is 0 Å². The first-order valence-electron chi connectivity index (χ1n) is 5.20. The molecule has 2 aromatic rings. The maximum absolute atomic E-state index is 5.79. The standard InChI is InChI=1S/C9H13N.C3H4N2O/c1-2-9(10)8-6-4-3-5-7-8;4-3-1-2-6-5-3/h3-7,9H,2,10H2,1H3;1-2H,(H2,4,5). The van der Waals surface area contributed by atoms with Crippen LogP contribution in [0.25, 0.3) is 0 Å². The zero-order valence-electron chi connectivity index (χ0n) is 9.34. The first-order valence-corrected chi connectivity index (χ1v) is 5.20. The summed E-state index contributed by atoms with van der Waals surface area (Å²) in [5.74, 6) is 0.426. The molecule has 0 amide bonds. The average Bonchev–Trinajstić information content (AvgIpc) is 2.81. The van der Waals surface area contributed by atoms with Crippen molar-refractivity contribution < 1.29 is 4.52 Å². The maximum Gasteiger partial charge on any atom is 0.166 e. The summed E-state index contributed by atoms with van der Waals surface area (Å²) in [6.45, 7) is 2.09. The van der Waals surface area contributed by atoms with Gasteiger partial charge in [-0.15, -0.1) is 0 Å². The van der Waals surface area contributed by atoms with Crippen molar-refractivity contribution in [2.75, 3.05) is 5.73 Å². The molecule has 2 rings (SSSR count). The van der Waals surface area contributed by atoms with Gasteiger partial charge in [-0.2, -0.15) is 0 Å². The summed E-state index contributed by atoms with van der Waals surface area (Å²) < 4.78 is 4.34. The number of hydrogen-bond donors (Lipinski definition) is 2. The van der Waals surface area contributed by atoms with Crippen molar-refractivity contribution in [2.24, 2.45) is 5.73 Å². The van der Waals surface area contributed by atoms with E-state index in [-0.39, 0.29) is 6.04 Å². The summed E-state index contributed by atoms with van der Waals surface area (Å²) in [5.41, 5.74) is 12.1. The number of nitrogens with two attached hydrogens (primary N) is 2. The zero-order valence-corrected chi connectivity index (χ0v) is 9.34. The summed E-state index contributed by atoms with van der Waals surface area (Å²) >= 11 is 0. The van der Waals surface area contributed by atoms with E-state index in [1.807, 2.05) is 18.2 Å². The minimum atomic E-state index is 0.209. The van der Waals surface area contributed by atoms with Gasteiger partial charge in [0.1, 0.15) is 6.26 Å². The quantitative estimate of drug-likeness (QED) is 0.812. The van der Waals surface area contributed by atoms with Gasteiger partial charge in [-0.1, -0.05) is 42.4 Å². The van der Waals surface area contributed by atoms with Crippen molar-refractivity contribution in [3.05, 3.63) is 48.2 Å². The van der Waals surface area contributed by atoms with Crippen molar-refractivity contribution in [3.63, 3.8) is 0 Å². The van der Waals surface area contributed by atoms with Gasteiger partial charge in [0.2, 0.25) is 0 Å². The van der Waals surface area contributed by atoms with Crippen LogP contribution in [-0.2, 0) is 0 Å². The molecule has 1 atom stereocenters. The Balaban J connectivity index is 0.000000181. The van der Waals surface area contributed by atoms with Gasteiger partial charge >= 0.3 is 0 Å². The SMILES string of the molecule is CCC(N)c1ccccc1.Nc1ccon1. The molecule has 1 aromatic carbocycles. The molecular formula is C12H17N3O. The average molecular weight is 219 g/mol. The van der Waals surface area contributed by atoms with Crippen molar-refractivity contribution in [1.29, 1.82) is 0 Å². The topological polar surface area (TPSA) is 78.1 Å². The van der Waals surface area contributed by atoms with Crippen LogP contribution < -0.4 is 11.5 Å². The molecule has 0 spiro atoms. The number of benzene rings is 1. The lowest BCUT2D eigenvalue weighted by molar-refractivity contribution is 0.423. The molecule has 0 aliphatic rings. The first kappa shape index (κ1) is 12.3. The molecule has 0 aliphatic heterocycles. The zero-order chi connectivity index (χ0) is 11.8. The third-order valence-electron chi connectivity index (χ3n) is 2.13. The lowest BCUT2D eigenvalue weighted by Gasteiger charge is -2.06. The summed E-state index contributed by atoms with van der Waals surface area (Å²) in [5, 5.41) is 3.32. The first-order chi connectivity index (χ1) is 7.74. The van der Waals surface area contributed by atoms with Crippen LogP contribution in [0.1, 0.15) is 24.9 Å². The normalized spacial score (nSPS) is 11.4. The third-order valence-corrected chi connectivity index (χ3v) is 2.13. The Morgan fingerprint density at radius 3 is 2.31 bits per heavy atom. The molecule has 4 nitrogen and oxygen atoms in total. The Morgan fingerprint density at radius 2 is 1.94 bits per heavy atom. The van der Waals surface area contributed by atoms with Crippen LogP contribution in [0.15, 0.2) is 47.2 Å². The van der Waals surface area contributed by atoms with E-state index in [1.54, 1.807) is 6.07 Å². The van der Waals surface area contributed by atoms with Crippen molar-refractivity contribution >= 4 is 5.82 Å². The van der Waals surface area contributed by atoms with Gasteiger partial charge in [-0.3, -0.25) is 0 Å². The number of nitrogens with zero attached hydrogens (tertiary/aromatic N) is 1. The second-order valence-corrected chi connectivity index (χ2v) is 3.35. The van der Waals surface area contributed by atoms with Crippen molar-refractivity contribution in [2.45, 2.75) is 19.4 Å². The summed E-state index contributed by atoms with van der Waals surface area (Å²) in [4.78, 5) is 0. The van der Waals surface area contributed by atoms with Crippen molar-refractivity contribution in [1.82, 2.24) is 5.16 Å². The number of nitrogen functional groups attached to an aromatic ring is 1. The summed E-state index contributed by atoms with van der Waals surface area (Å²) in [6.07, 6.45) is 2.43. The highest BCUT2D eigenvalue weighted by molar-refractivity contribution is 5.21. The second-order valence-electron chi connectivity index (χ2n) is 3.35. The number of aromatic nitrogens is 1. The van der Waals surface area contributed by atoms with E-state index in [9.17, 15) is 0 Å². The lowest BCUT2D eigenvalue weighted by Crippen LogP contribution is -2.07. The molecule has 0 radical (unpaired) electrons. The Morgan fingerprint density at radius 1 is 1.25 bits per heavy atom. The van der Waals surface area contributed by atoms with E-state index in [0.29, 0.717) is 5.82 Å². The highest BCUT2D eigenvalue weighted by atomic mass is 16.5. The Labute approximate surface area is 95.2 Å². The van der Waals surface area contributed by atoms with E-state index in [4.69, 9.17) is 11.5 Å². The molecule has 1 unspecified atom stereocenters. The van der Waals surface area contributed by atoms with Crippen LogP contribution in [-0.4, -0.2) is 5.16 Å². The molecule has 0 fully saturated rings. The van der Waals surface area contributed by atoms with Crippen LogP contribution in [0.4, 0.5) is 5.82 Å². The Hall–Kier alpha value is -1.81. The van der Waals surface area contributed by atoms with E-state index >= 15 is 0 Å². The van der Waals surface area contributed by atoms with Gasteiger partial charge in [-0.25, -0.2) is 0 Å². The molecule has 1 heterocycles. The van der Waals surface area contributed by atoms with Crippen LogP contribution in [0, 0.1) is 0 Å². The number of anilines is 1. The van der Waals surface area contributed by atoms with Gasteiger partial charge in [0, 0.05) is 12.1 Å². The van der Waals surface area contributed by atoms with E-state index < -0.39 is 0 Å². The Bertz CT molecular complexity index is 372. The van der Waals surface area contributed by atoms with Crippen LogP contribution in [0.2, 0.25) is 0 Å². The molecule has 4 heteroatoms. The number of rotatable bonds is 2. The molecule has 16 heavy (non-hydrogen) atoms. The molecule has 0 saturated heterocycles. The fourth-order valence-electron chi connectivity index (χ4n) is 1.16. The van der Waals surface area contributed by atoms with Crippen LogP contribution >= 0.6 is 0 Å². The van der Waals surface area contributed by atoms with E-state index in [1.165, 1.54) is 11.8 Å². The van der Waals surface area contributed by atoms with Gasteiger partial charge in [0.25, 0.3) is 0 Å². The number of hydrogen-bond acceptors (Lipinski definition) is 4. The molecule has 0 bridgehead atoms. The molecule has 0 aliphatic carbocycles. The smallest absolute Gasteiger partial charge is 0.166 e. The predicted molar refractivity (Wildman–Crippen MR) is 64.6 cm³/mol. The summed E-state index contributed by atoms with van der Waals surface area (Å²) in [7, 11) is 0. The lowest BCUT2D eigenvalue weighted by atomic mass is 10.1. The fraction of sp³-hybridized carbons (Fsp3) is 0.250. The maximum atomic E-state index is 5.79. The van der Waals surface area contributed by atoms with Gasteiger partial charge in [0.15, 0.2) is 5.82 Å². The molecule has 86 valence electrons. The third kappa shape index (κ3) is 4.14. The largest absolute Gasteiger partial charge is 0.381 e. The van der Waals surface area contributed by atoms with Gasteiger partial charge < -0.3 is 16.0 Å². The highest BCUT2D eigenvalue weighted by Gasteiger charge is 1.99. The summed E-state index contributed by atoms with van der Waals surface area (Å²) in [6, 6.07) is 12.0.